The number of hydrogen-bond acceptors (Lipinski definition) is 5. The van der Waals surface area contributed by atoms with Crippen molar-refractivity contribution in [3.8, 4) is 0 Å². The predicted octanol–water partition coefficient (Wildman–Crippen LogP) is 0.716. The van der Waals surface area contributed by atoms with Crippen LogP contribution in [0.4, 0.5) is 5.69 Å². The van der Waals surface area contributed by atoms with Gasteiger partial charge in [-0.05, 0) is 51.0 Å². The summed E-state index contributed by atoms with van der Waals surface area (Å²) in [6, 6.07) is 7.27. The number of rotatable bonds is 5. The van der Waals surface area contributed by atoms with Crippen LogP contribution in [-0.4, -0.2) is 66.2 Å². The van der Waals surface area contributed by atoms with Gasteiger partial charge < -0.3 is 10.2 Å². The van der Waals surface area contributed by atoms with Crippen LogP contribution in [0.15, 0.2) is 29.2 Å². The molecule has 0 amide bonds. The summed E-state index contributed by atoms with van der Waals surface area (Å²) in [4.78, 5) is 5.08. The van der Waals surface area contributed by atoms with Gasteiger partial charge in [0.1, 0.15) is 4.90 Å². The Kier molecular flexibility index (Phi) is 5.76. The first-order valence-corrected chi connectivity index (χ1v) is 10.3. The molecule has 2 heterocycles. The normalized spacial score (nSPS) is 23.4. The fraction of sp³-hybridized carbons (Fsp3) is 0.647. The number of piperazine rings is 1. The van der Waals surface area contributed by atoms with E-state index in [-0.39, 0.29) is 0 Å². The van der Waals surface area contributed by atoms with Gasteiger partial charge in [-0.1, -0.05) is 12.1 Å². The first-order valence-electron chi connectivity index (χ1n) is 8.81. The van der Waals surface area contributed by atoms with Crippen molar-refractivity contribution in [2.75, 3.05) is 57.8 Å². The van der Waals surface area contributed by atoms with E-state index >= 15 is 0 Å². The lowest BCUT2D eigenvalue weighted by Crippen LogP contribution is -2.49. The van der Waals surface area contributed by atoms with E-state index < -0.39 is 10.0 Å². The summed E-state index contributed by atoms with van der Waals surface area (Å²) in [5, 5.41) is 3.48. The molecule has 2 aliphatic heterocycles. The second-order valence-corrected chi connectivity index (χ2v) is 8.53. The summed E-state index contributed by atoms with van der Waals surface area (Å²) in [6.45, 7) is 7.16. The number of sulfonamides is 1. The maximum absolute atomic E-state index is 12.2. The molecule has 2 N–H and O–H groups in total. The summed E-state index contributed by atoms with van der Waals surface area (Å²) in [5.41, 5.74) is 0.811. The van der Waals surface area contributed by atoms with Gasteiger partial charge >= 0.3 is 0 Å². The van der Waals surface area contributed by atoms with Gasteiger partial charge in [-0.2, -0.15) is 0 Å². The van der Waals surface area contributed by atoms with Crippen LogP contribution in [0.5, 0.6) is 0 Å². The third-order valence-electron chi connectivity index (χ3n) is 5.05. The lowest BCUT2D eigenvalue weighted by molar-refractivity contribution is 0.198. The van der Waals surface area contributed by atoms with Crippen molar-refractivity contribution in [1.82, 2.24) is 14.9 Å². The number of nitrogens with zero attached hydrogens (tertiary/aromatic N) is 2. The molecular weight excluding hydrogens is 324 g/mol. The SMILES string of the molecule is CNS(=O)(=O)c1ccccc1N1CCN(CC2CCCNC2)CC1. The minimum Gasteiger partial charge on any atom is -0.368 e. The Balaban J connectivity index is 1.63. The van der Waals surface area contributed by atoms with Crippen LogP contribution in [0.25, 0.3) is 0 Å². The van der Waals surface area contributed by atoms with Gasteiger partial charge in [-0.3, -0.25) is 4.90 Å². The van der Waals surface area contributed by atoms with Crippen LogP contribution < -0.4 is 14.9 Å². The highest BCUT2D eigenvalue weighted by Gasteiger charge is 2.25. The number of nitrogens with one attached hydrogen (secondary N) is 2. The predicted molar refractivity (Wildman–Crippen MR) is 96.9 cm³/mol. The smallest absolute Gasteiger partial charge is 0.242 e. The second-order valence-electron chi connectivity index (χ2n) is 6.68. The number of benzene rings is 1. The number of para-hydroxylation sites is 1. The highest BCUT2D eigenvalue weighted by atomic mass is 32.2. The molecule has 1 unspecified atom stereocenters. The average molecular weight is 353 g/mol. The molecule has 6 nitrogen and oxygen atoms in total. The van der Waals surface area contributed by atoms with E-state index in [9.17, 15) is 8.42 Å². The van der Waals surface area contributed by atoms with Crippen molar-refractivity contribution in [3.63, 3.8) is 0 Å². The van der Waals surface area contributed by atoms with Crippen molar-refractivity contribution in [3.05, 3.63) is 24.3 Å². The maximum Gasteiger partial charge on any atom is 0.242 e. The summed E-state index contributed by atoms with van der Waals surface area (Å²) in [7, 11) is -1.97. The summed E-state index contributed by atoms with van der Waals surface area (Å²) >= 11 is 0. The van der Waals surface area contributed by atoms with Crippen molar-refractivity contribution < 1.29 is 8.42 Å². The van der Waals surface area contributed by atoms with Crippen molar-refractivity contribution in [1.29, 1.82) is 0 Å². The van der Waals surface area contributed by atoms with Gasteiger partial charge in [0, 0.05) is 32.7 Å². The van der Waals surface area contributed by atoms with Gasteiger partial charge in [0.05, 0.1) is 5.69 Å². The zero-order valence-corrected chi connectivity index (χ0v) is 15.2. The molecule has 2 saturated heterocycles. The highest BCUT2D eigenvalue weighted by molar-refractivity contribution is 7.89. The topological polar surface area (TPSA) is 64.7 Å². The first kappa shape index (κ1) is 17.7. The van der Waals surface area contributed by atoms with Crippen molar-refractivity contribution in [2.24, 2.45) is 5.92 Å². The van der Waals surface area contributed by atoms with Crippen LogP contribution in [0, 0.1) is 5.92 Å². The molecule has 2 aliphatic rings. The van der Waals surface area contributed by atoms with E-state index in [0.717, 1.165) is 57.4 Å². The average Bonchev–Trinajstić information content (AvgIpc) is 2.63. The number of hydrogen-bond donors (Lipinski definition) is 2. The van der Waals surface area contributed by atoms with Crippen molar-refractivity contribution in [2.45, 2.75) is 17.7 Å². The molecule has 1 atom stereocenters. The molecule has 0 aliphatic carbocycles. The summed E-state index contributed by atoms with van der Waals surface area (Å²) in [5.74, 6) is 0.752. The molecule has 1 aromatic carbocycles. The standard InChI is InChI=1S/C17H28N4O2S/c1-18-24(22,23)17-7-3-2-6-16(17)21-11-9-20(10-12-21)14-15-5-4-8-19-13-15/h2-3,6-7,15,18-19H,4-5,8-14H2,1H3. The number of anilines is 1. The Morgan fingerprint density at radius 3 is 2.62 bits per heavy atom. The van der Waals surface area contributed by atoms with E-state index in [4.69, 9.17) is 0 Å². The lowest BCUT2D eigenvalue weighted by atomic mass is 9.99. The van der Waals surface area contributed by atoms with Crippen LogP contribution >= 0.6 is 0 Å². The minimum atomic E-state index is -3.43. The van der Waals surface area contributed by atoms with Crippen LogP contribution in [0.3, 0.4) is 0 Å². The zero-order chi connectivity index (χ0) is 17.0. The zero-order valence-electron chi connectivity index (χ0n) is 14.4. The quantitative estimate of drug-likeness (QED) is 0.817. The molecule has 0 saturated carbocycles. The van der Waals surface area contributed by atoms with Crippen LogP contribution in [-0.2, 0) is 10.0 Å². The molecule has 1 aromatic rings. The monoisotopic (exact) mass is 352 g/mol. The van der Waals surface area contributed by atoms with Gasteiger partial charge in [0.15, 0.2) is 0 Å². The van der Waals surface area contributed by atoms with E-state index in [1.807, 2.05) is 12.1 Å². The molecule has 0 radical (unpaired) electrons. The van der Waals surface area contributed by atoms with Gasteiger partial charge in [0.2, 0.25) is 10.0 Å². The second kappa shape index (κ2) is 7.82. The third-order valence-corrected chi connectivity index (χ3v) is 6.51. The highest BCUT2D eigenvalue weighted by Crippen LogP contribution is 2.26. The van der Waals surface area contributed by atoms with Crippen LogP contribution in [0.1, 0.15) is 12.8 Å². The van der Waals surface area contributed by atoms with E-state index in [2.05, 4.69) is 19.8 Å². The van der Waals surface area contributed by atoms with Gasteiger partial charge in [0.25, 0.3) is 0 Å². The molecule has 2 fully saturated rings. The minimum absolute atomic E-state index is 0.373. The van der Waals surface area contributed by atoms with E-state index in [1.165, 1.54) is 19.9 Å². The third kappa shape index (κ3) is 4.08. The molecule has 24 heavy (non-hydrogen) atoms. The van der Waals surface area contributed by atoms with E-state index in [1.54, 1.807) is 12.1 Å². The molecular formula is C17H28N4O2S. The number of piperidine rings is 1. The first-order chi connectivity index (χ1) is 11.6. The fourth-order valence-corrected chi connectivity index (χ4v) is 4.62. The molecule has 7 heteroatoms. The van der Waals surface area contributed by atoms with Crippen molar-refractivity contribution >= 4 is 15.7 Å². The molecule has 0 bridgehead atoms. The van der Waals surface area contributed by atoms with Gasteiger partial charge in [-0.15, -0.1) is 0 Å². The van der Waals surface area contributed by atoms with Gasteiger partial charge in [-0.25, -0.2) is 13.1 Å². The maximum atomic E-state index is 12.2. The fourth-order valence-electron chi connectivity index (χ4n) is 3.67. The Bertz CT molecular complexity index is 636. The Hall–Kier alpha value is -1.15. The Labute approximate surface area is 145 Å². The Morgan fingerprint density at radius 2 is 1.96 bits per heavy atom. The van der Waals surface area contributed by atoms with Crippen LogP contribution in [0.2, 0.25) is 0 Å². The largest absolute Gasteiger partial charge is 0.368 e. The summed E-state index contributed by atoms with van der Waals surface area (Å²) < 4.78 is 26.9. The van der Waals surface area contributed by atoms with E-state index in [0.29, 0.717) is 4.90 Å². The molecule has 0 spiro atoms. The molecule has 3 rings (SSSR count). The molecule has 0 aromatic heterocycles. The Morgan fingerprint density at radius 1 is 1.21 bits per heavy atom. The summed E-state index contributed by atoms with van der Waals surface area (Å²) in [6.07, 6.45) is 2.59. The lowest BCUT2D eigenvalue weighted by Gasteiger charge is -2.38. The molecule has 134 valence electrons.